The summed E-state index contributed by atoms with van der Waals surface area (Å²) < 4.78 is 0. The van der Waals surface area contributed by atoms with Gasteiger partial charge in [0.2, 0.25) is 0 Å². The summed E-state index contributed by atoms with van der Waals surface area (Å²) in [5.41, 5.74) is 3.78. The van der Waals surface area contributed by atoms with Crippen molar-refractivity contribution in [2.75, 3.05) is 25.0 Å². The first-order valence-corrected chi connectivity index (χ1v) is 7.65. The summed E-state index contributed by atoms with van der Waals surface area (Å²) in [5.74, 6) is 0. The zero-order chi connectivity index (χ0) is 15.1. The zero-order valence-corrected chi connectivity index (χ0v) is 13.2. The molecule has 2 rings (SSSR count). The number of hydrogen-bond acceptors (Lipinski definition) is 3. The quantitative estimate of drug-likeness (QED) is 0.844. The lowest BCUT2D eigenvalue weighted by atomic mass is 10.0. The van der Waals surface area contributed by atoms with E-state index in [1.54, 1.807) is 0 Å². The average Bonchev–Trinajstić information content (AvgIpc) is 2.54. The van der Waals surface area contributed by atoms with Crippen LogP contribution in [0.1, 0.15) is 31.1 Å². The van der Waals surface area contributed by atoms with Crippen LogP contribution in [0.25, 0.3) is 0 Å². The van der Waals surface area contributed by atoms with Crippen LogP contribution in [-0.2, 0) is 6.42 Å². The third kappa shape index (κ3) is 4.30. The van der Waals surface area contributed by atoms with E-state index in [9.17, 15) is 0 Å². The third-order valence-electron chi connectivity index (χ3n) is 3.75. The van der Waals surface area contributed by atoms with Crippen molar-refractivity contribution in [1.82, 2.24) is 10.3 Å². The Bertz CT molecular complexity index is 539. The molecule has 1 aromatic carbocycles. The number of benzene rings is 1. The van der Waals surface area contributed by atoms with Gasteiger partial charge in [0.15, 0.2) is 0 Å². The lowest BCUT2D eigenvalue weighted by Gasteiger charge is -2.25. The van der Waals surface area contributed by atoms with Crippen LogP contribution in [-0.4, -0.2) is 25.1 Å². The maximum absolute atomic E-state index is 4.39. The molecule has 0 aliphatic carbocycles. The molecule has 0 aliphatic heterocycles. The summed E-state index contributed by atoms with van der Waals surface area (Å²) in [6.45, 7) is 6.30. The highest BCUT2D eigenvalue weighted by molar-refractivity contribution is 5.54. The van der Waals surface area contributed by atoms with E-state index < -0.39 is 0 Å². The zero-order valence-electron chi connectivity index (χ0n) is 13.2. The number of para-hydroxylation sites is 1. The molecular formula is C18H25N3. The van der Waals surface area contributed by atoms with Crippen molar-refractivity contribution < 1.29 is 0 Å². The Hall–Kier alpha value is -1.87. The van der Waals surface area contributed by atoms with E-state index in [2.05, 4.69) is 66.4 Å². The van der Waals surface area contributed by atoms with Crippen molar-refractivity contribution >= 4 is 5.69 Å². The highest BCUT2D eigenvalue weighted by Crippen LogP contribution is 2.25. The fourth-order valence-electron chi connectivity index (χ4n) is 2.57. The van der Waals surface area contributed by atoms with Crippen molar-refractivity contribution in [3.8, 4) is 0 Å². The van der Waals surface area contributed by atoms with Gasteiger partial charge in [-0.15, -0.1) is 0 Å². The molecule has 2 aromatic rings. The number of anilines is 1. The lowest BCUT2D eigenvalue weighted by Crippen LogP contribution is -2.25. The van der Waals surface area contributed by atoms with Crippen molar-refractivity contribution in [3.05, 3.63) is 59.9 Å². The molecule has 1 aromatic heterocycles. The van der Waals surface area contributed by atoms with Crippen molar-refractivity contribution in [3.63, 3.8) is 0 Å². The van der Waals surface area contributed by atoms with Gasteiger partial charge < -0.3 is 10.2 Å². The van der Waals surface area contributed by atoms with Crippen molar-refractivity contribution in [2.45, 2.75) is 26.3 Å². The van der Waals surface area contributed by atoms with Crippen molar-refractivity contribution in [1.29, 1.82) is 0 Å². The van der Waals surface area contributed by atoms with Gasteiger partial charge >= 0.3 is 0 Å². The van der Waals surface area contributed by atoms with E-state index in [0.29, 0.717) is 6.04 Å². The van der Waals surface area contributed by atoms with Crippen molar-refractivity contribution in [2.24, 2.45) is 0 Å². The maximum atomic E-state index is 4.39. The summed E-state index contributed by atoms with van der Waals surface area (Å²) in [7, 11) is 2.15. The van der Waals surface area contributed by atoms with Gasteiger partial charge in [-0.05, 0) is 37.2 Å². The maximum Gasteiger partial charge on any atom is 0.0421 e. The number of nitrogens with one attached hydrogen (secondary N) is 1. The Morgan fingerprint density at radius 2 is 1.90 bits per heavy atom. The van der Waals surface area contributed by atoms with E-state index in [1.165, 1.54) is 11.3 Å². The first-order valence-electron chi connectivity index (χ1n) is 7.65. The number of pyridine rings is 1. The molecule has 0 amide bonds. The predicted octanol–water partition coefficient (Wildman–Crippen LogP) is 3.43. The minimum Gasteiger partial charge on any atom is -0.374 e. The number of likely N-dealkylation sites (N-methyl/N-ethyl adjacent to an activating group) is 1. The molecule has 0 saturated carbocycles. The topological polar surface area (TPSA) is 28.2 Å². The Morgan fingerprint density at radius 1 is 1.14 bits per heavy atom. The van der Waals surface area contributed by atoms with Gasteiger partial charge in [0.05, 0.1) is 0 Å². The predicted molar refractivity (Wildman–Crippen MR) is 89.7 cm³/mol. The molecule has 1 atom stereocenters. The normalized spacial score (nSPS) is 12.1. The summed E-state index contributed by atoms with van der Waals surface area (Å²) >= 11 is 0. The van der Waals surface area contributed by atoms with Gasteiger partial charge in [0.25, 0.3) is 0 Å². The number of rotatable bonds is 7. The molecule has 1 N–H and O–H groups in total. The second kappa shape index (κ2) is 7.79. The van der Waals surface area contributed by atoms with Crippen LogP contribution in [0.5, 0.6) is 0 Å². The first-order chi connectivity index (χ1) is 10.2. The Labute approximate surface area is 128 Å². The number of hydrogen-bond donors (Lipinski definition) is 1. The molecular weight excluding hydrogens is 258 g/mol. The fourth-order valence-corrected chi connectivity index (χ4v) is 2.57. The number of aromatic nitrogens is 1. The van der Waals surface area contributed by atoms with Crippen LogP contribution in [0.15, 0.2) is 48.7 Å². The molecule has 1 heterocycles. The minimum atomic E-state index is 0.364. The Kier molecular flexibility index (Phi) is 5.76. The van der Waals surface area contributed by atoms with E-state index in [-0.39, 0.29) is 0 Å². The molecule has 0 saturated heterocycles. The molecule has 0 aliphatic rings. The van der Waals surface area contributed by atoms with Crippen LogP contribution in [0.2, 0.25) is 0 Å². The second-order valence-electron chi connectivity index (χ2n) is 5.33. The molecule has 3 heteroatoms. The third-order valence-corrected chi connectivity index (χ3v) is 3.75. The molecule has 0 radical (unpaired) electrons. The molecule has 0 spiro atoms. The van der Waals surface area contributed by atoms with Crippen LogP contribution in [0.3, 0.4) is 0 Å². The molecule has 3 nitrogen and oxygen atoms in total. The van der Waals surface area contributed by atoms with Crippen LogP contribution in [0, 0.1) is 0 Å². The largest absolute Gasteiger partial charge is 0.374 e. The van der Waals surface area contributed by atoms with E-state index in [4.69, 9.17) is 0 Å². The summed E-state index contributed by atoms with van der Waals surface area (Å²) in [4.78, 5) is 6.71. The SMILES string of the molecule is CCNC(C)c1ccccc1N(C)CCc1ccccn1. The summed E-state index contributed by atoms with van der Waals surface area (Å²) in [6, 6.07) is 15.1. The van der Waals surface area contributed by atoms with Gasteiger partial charge in [0, 0.05) is 43.6 Å². The second-order valence-corrected chi connectivity index (χ2v) is 5.33. The van der Waals surface area contributed by atoms with Crippen LogP contribution in [0.4, 0.5) is 5.69 Å². The molecule has 1 unspecified atom stereocenters. The van der Waals surface area contributed by atoms with Gasteiger partial charge in [-0.3, -0.25) is 4.98 Å². The van der Waals surface area contributed by atoms with Gasteiger partial charge in [-0.1, -0.05) is 31.2 Å². The highest BCUT2D eigenvalue weighted by Gasteiger charge is 2.12. The van der Waals surface area contributed by atoms with E-state index >= 15 is 0 Å². The molecule has 21 heavy (non-hydrogen) atoms. The fraction of sp³-hybridized carbons (Fsp3) is 0.389. The van der Waals surface area contributed by atoms with E-state index in [1.807, 2.05) is 18.3 Å². The highest BCUT2D eigenvalue weighted by atomic mass is 15.1. The molecule has 0 bridgehead atoms. The minimum absolute atomic E-state index is 0.364. The van der Waals surface area contributed by atoms with Crippen LogP contribution < -0.4 is 10.2 Å². The Balaban J connectivity index is 2.06. The molecule has 112 valence electrons. The average molecular weight is 283 g/mol. The van der Waals surface area contributed by atoms with Crippen LogP contribution >= 0.6 is 0 Å². The van der Waals surface area contributed by atoms with Gasteiger partial charge in [-0.2, -0.15) is 0 Å². The van der Waals surface area contributed by atoms with Gasteiger partial charge in [-0.25, -0.2) is 0 Å². The van der Waals surface area contributed by atoms with E-state index in [0.717, 1.165) is 25.2 Å². The monoisotopic (exact) mass is 283 g/mol. The standard InChI is InChI=1S/C18H25N3/c1-4-19-15(2)17-10-5-6-11-18(17)21(3)14-12-16-9-7-8-13-20-16/h5-11,13,15,19H,4,12,14H2,1-3H3. The lowest BCUT2D eigenvalue weighted by molar-refractivity contribution is 0.597. The number of nitrogens with zero attached hydrogens (tertiary/aromatic N) is 2. The molecule has 0 fully saturated rings. The first kappa shape index (κ1) is 15.5. The summed E-state index contributed by atoms with van der Waals surface area (Å²) in [6.07, 6.45) is 2.82. The smallest absolute Gasteiger partial charge is 0.0421 e. The summed E-state index contributed by atoms with van der Waals surface area (Å²) in [5, 5.41) is 3.49. The Morgan fingerprint density at radius 3 is 2.62 bits per heavy atom. The van der Waals surface area contributed by atoms with Gasteiger partial charge in [0.1, 0.15) is 0 Å².